The maximum atomic E-state index is 11.0. The van der Waals surface area contributed by atoms with Gasteiger partial charge < -0.3 is 16.0 Å². The summed E-state index contributed by atoms with van der Waals surface area (Å²) in [5.41, 5.74) is 5.20. The van der Waals surface area contributed by atoms with Gasteiger partial charge in [-0.05, 0) is 33.0 Å². The van der Waals surface area contributed by atoms with Crippen molar-refractivity contribution >= 4 is 5.91 Å². The van der Waals surface area contributed by atoms with Crippen molar-refractivity contribution in [2.45, 2.75) is 25.3 Å². The highest BCUT2D eigenvalue weighted by Gasteiger charge is 2.39. The highest BCUT2D eigenvalue weighted by molar-refractivity contribution is 5.75. The van der Waals surface area contributed by atoms with E-state index >= 15 is 0 Å². The van der Waals surface area contributed by atoms with Crippen LogP contribution in [0.3, 0.4) is 0 Å². The molecule has 2 atom stereocenters. The lowest BCUT2D eigenvalue weighted by atomic mass is 9.76. The lowest BCUT2D eigenvalue weighted by molar-refractivity contribution is -0.120. The minimum absolute atomic E-state index is 0.0850. The van der Waals surface area contributed by atoms with Gasteiger partial charge in [0.1, 0.15) is 0 Å². The van der Waals surface area contributed by atoms with E-state index in [4.69, 9.17) is 5.73 Å². The van der Waals surface area contributed by atoms with E-state index in [1.807, 2.05) is 7.05 Å². The average Bonchev–Trinajstić information content (AvgIpc) is 2.10. The summed E-state index contributed by atoms with van der Waals surface area (Å²) < 4.78 is 0. The summed E-state index contributed by atoms with van der Waals surface area (Å²) in [4.78, 5) is 13.3. The van der Waals surface area contributed by atoms with Gasteiger partial charge in [-0.2, -0.15) is 0 Å². The van der Waals surface area contributed by atoms with Crippen molar-refractivity contribution < 1.29 is 4.79 Å². The predicted octanol–water partition coefficient (Wildman–Crippen LogP) is -0.208. The molecule has 0 radical (unpaired) electrons. The summed E-state index contributed by atoms with van der Waals surface area (Å²) in [6.07, 6.45) is 1.43. The van der Waals surface area contributed by atoms with Gasteiger partial charge in [-0.25, -0.2) is 0 Å². The molecule has 0 saturated carbocycles. The third-order valence-corrected chi connectivity index (χ3v) is 3.46. The van der Waals surface area contributed by atoms with E-state index in [9.17, 15) is 4.79 Å². The molecule has 1 fully saturated rings. The Labute approximate surface area is 85.8 Å². The fourth-order valence-corrected chi connectivity index (χ4v) is 2.40. The number of likely N-dealkylation sites (tertiary alicyclic amines) is 1. The van der Waals surface area contributed by atoms with Gasteiger partial charge in [-0.3, -0.25) is 4.79 Å². The molecule has 1 heterocycles. The predicted molar refractivity (Wildman–Crippen MR) is 56.9 cm³/mol. The zero-order valence-electron chi connectivity index (χ0n) is 9.34. The first-order chi connectivity index (χ1) is 6.50. The fourth-order valence-electron chi connectivity index (χ4n) is 2.40. The van der Waals surface area contributed by atoms with Gasteiger partial charge in [-0.1, -0.05) is 6.92 Å². The van der Waals surface area contributed by atoms with Crippen molar-refractivity contribution in [3.8, 4) is 0 Å². The highest BCUT2D eigenvalue weighted by Crippen LogP contribution is 2.29. The second kappa shape index (κ2) is 4.28. The minimum Gasteiger partial charge on any atom is -0.370 e. The number of hydrogen-bond acceptors (Lipinski definition) is 3. The van der Waals surface area contributed by atoms with Gasteiger partial charge in [0.05, 0.1) is 0 Å². The lowest BCUT2D eigenvalue weighted by Gasteiger charge is -2.45. The van der Waals surface area contributed by atoms with Crippen LogP contribution < -0.4 is 11.1 Å². The number of nitrogens with one attached hydrogen (secondary N) is 1. The Morgan fingerprint density at radius 3 is 2.79 bits per heavy atom. The van der Waals surface area contributed by atoms with Crippen LogP contribution >= 0.6 is 0 Å². The number of carbonyl (C=O) groups excluding carboxylic acids is 1. The molecule has 0 aromatic rings. The summed E-state index contributed by atoms with van der Waals surface area (Å²) in [6.45, 7) is 4.22. The molecule has 0 bridgehead atoms. The van der Waals surface area contributed by atoms with Gasteiger partial charge in [0, 0.05) is 18.5 Å². The molecule has 0 aliphatic carbocycles. The lowest BCUT2D eigenvalue weighted by Crippen LogP contribution is -2.58. The number of carbonyl (C=O) groups is 1. The van der Waals surface area contributed by atoms with Crippen LogP contribution in [0.5, 0.6) is 0 Å². The van der Waals surface area contributed by atoms with Crippen LogP contribution in [0.15, 0.2) is 0 Å². The molecule has 4 nitrogen and oxygen atoms in total. The Balaban J connectivity index is 2.72. The molecule has 4 heteroatoms. The van der Waals surface area contributed by atoms with Crippen LogP contribution in [0.25, 0.3) is 0 Å². The Kier molecular flexibility index (Phi) is 3.50. The summed E-state index contributed by atoms with van der Waals surface area (Å²) in [5.74, 6) is 0.245. The van der Waals surface area contributed by atoms with E-state index in [1.54, 1.807) is 0 Å². The molecular formula is C10H21N3O. The number of nitrogens with two attached hydrogens (primary N) is 1. The zero-order chi connectivity index (χ0) is 10.8. The molecule has 82 valence electrons. The van der Waals surface area contributed by atoms with Crippen LogP contribution in [0.1, 0.15) is 19.8 Å². The fraction of sp³-hybridized carbons (Fsp3) is 0.900. The van der Waals surface area contributed by atoms with Crippen LogP contribution in [-0.4, -0.2) is 43.5 Å². The largest absolute Gasteiger partial charge is 0.370 e. The first kappa shape index (κ1) is 11.5. The van der Waals surface area contributed by atoms with Crippen molar-refractivity contribution in [1.29, 1.82) is 0 Å². The first-order valence-corrected chi connectivity index (χ1v) is 5.16. The van der Waals surface area contributed by atoms with Crippen molar-refractivity contribution in [1.82, 2.24) is 10.2 Å². The topological polar surface area (TPSA) is 58.4 Å². The number of hydrogen-bond donors (Lipinski definition) is 2. The Bertz CT molecular complexity index is 219. The van der Waals surface area contributed by atoms with E-state index in [0.717, 1.165) is 19.5 Å². The van der Waals surface area contributed by atoms with Crippen molar-refractivity contribution in [2.24, 2.45) is 11.7 Å². The van der Waals surface area contributed by atoms with Crippen LogP contribution in [0, 0.1) is 5.92 Å². The maximum absolute atomic E-state index is 11.0. The average molecular weight is 199 g/mol. The minimum atomic E-state index is -0.212. The third kappa shape index (κ3) is 2.25. The molecule has 0 aromatic heterocycles. The normalized spacial score (nSPS) is 34.4. The molecule has 0 spiro atoms. The number of nitrogens with zero attached hydrogens (tertiary/aromatic N) is 1. The molecule has 1 aliphatic heterocycles. The van der Waals surface area contributed by atoms with E-state index in [0.29, 0.717) is 12.3 Å². The monoisotopic (exact) mass is 199 g/mol. The molecule has 2 unspecified atom stereocenters. The summed E-state index contributed by atoms with van der Waals surface area (Å²) in [7, 11) is 4.03. The molecule has 1 saturated heterocycles. The highest BCUT2D eigenvalue weighted by atomic mass is 16.1. The molecule has 14 heavy (non-hydrogen) atoms. The number of amides is 1. The Morgan fingerprint density at radius 2 is 2.36 bits per heavy atom. The van der Waals surface area contributed by atoms with E-state index in [1.165, 1.54) is 0 Å². The third-order valence-electron chi connectivity index (χ3n) is 3.46. The van der Waals surface area contributed by atoms with E-state index in [2.05, 4.69) is 24.2 Å². The summed E-state index contributed by atoms with van der Waals surface area (Å²) in [6, 6.07) is 0. The zero-order valence-corrected chi connectivity index (χ0v) is 9.34. The van der Waals surface area contributed by atoms with Gasteiger partial charge in [-0.15, -0.1) is 0 Å². The molecule has 1 rings (SSSR count). The SMILES string of the molecule is CNC1(CC(N)=O)CCN(C)CC1C. The molecule has 1 aliphatic rings. The van der Waals surface area contributed by atoms with Crippen LogP contribution in [0.2, 0.25) is 0 Å². The molecular weight excluding hydrogens is 178 g/mol. The second-order valence-electron chi connectivity index (χ2n) is 4.46. The molecule has 1 amide bonds. The van der Waals surface area contributed by atoms with E-state index < -0.39 is 0 Å². The van der Waals surface area contributed by atoms with Crippen molar-refractivity contribution in [3.63, 3.8) is 0 Å². The van der Waals surface area contributed by atoms with Crippen molar-refractivity contribution in [3.05, 3.63) is 0 Å². The smallest absolute Gasteiger partial charge is 0.219 e. The van der Waals surface area contributed by atoms with Gasteiger partial charge in [0.2, 0.25) is 5.91 Å². The second-order valence-corrected chi connectivity index (χ2v) is 4.46. The van der Waals surface area contributed by atoms with Gasteiger partial charge >= 0.3 is 0 Å². The number of piperidine rings is 1. The van der Waals surface area contributed by atoms with Crippen LogP contribution in [0.4, 0.5) is 0 Å². The first-order valence-electron chi connectivity index (χ1n) is 5.16. The van der Waals surface area contributed by atoms with Gasteiger partial charge in [0.25, 0.3) is 0 Å². The summed E-state index contributed by atoms with van der Waals surface area (Å²) >= 11 is 0. The van der Waals surface area contributed by atoms with Crippen LogP contribution in [-0.2, 0) is 4.79 Å². The standard InChI is InChI=1S/C10H21N3O/c1-8-7-13(3)5-4-10(8,12-2)6-9(11)14/h8,12H,4-7H2,1-3H3,(H2,11,14). The molecule has 3 N–H and O–H groups in total. The number of rotatable bonds is 3. The van der Waals surface area contributed by atoms with Gasteiger partial charge in [0.15, 0.2) is 0 Å². The maximum Gasteiger partial charge on any atom is 0.219 e. The number of primary amides is 1. The Morgan fingerprint density at radius 1 is 1.71 bits per heavy atom. The van der Waals surface area contributed by atoms with Crippen molar-refractivity contribution in [2.75, 3.05) is 27.2 Å². The Hall–Kier alpha value is -0.610. The van der Waals surface area contributed by atoms with E-state index in [-0.39, 0.29) is 11.4 Å². The molecule has 0 aromatic carbocycles. The quantitative estimate of drug-likeness (QED) is 0.661. The summed E-state index contributed by atoms with van der Waals surface area (Å²) in [5, 5.41) is 3.29.